The zero-order chi connectivity index (χ0) is 13.3. The molecular weight excluding hydrogens is 222 g/mol. The molecule has 0 heterocycles. The summed E-state index contributed by atoms with van der Waals surface area (Å²) in [6, 6.07) is -0.360. The summed E-state index contributed by atoms with van der Waals surface area (Å²) in [6.45, 7) is 3.34. The van der Waals surface area contributed by atoms with Gasteiger partial charge in [-0.15, -0.1) is 0 Å². The van der Waals surface area contributed by atoms with Gasteiger partial charge in [0, 0.05) is 19.0 Å². The van der Waals surface area contributed by atoms with Crippen molar-refractivity contribution in [1.82, 2.24) is 15.5 Å². The van der Waals surface area contributed by atoms with Crippen molar-refractivity contribution in [3.8, 4) is 0 Å². The summed E-state index contributed by atoms with van der Waals surface area (Å²) in [5.74, 6) is -0.843. The van der Waals surface area contributed by atoms with Crippen LogP contribution < -0.4 is 10.6 Å². The van der Waals surface area contributed by atoms with Gasteiger partial charge in [-0.3, -0.25) is 4.79 Å². The molecular formula is C11H23N3O3. The number of carboxylic acid groups (broad SMARTS) is 1. The Balaban J connectivity index is 3.53. The third-order valence-corrected chi connectivity index (χ3v) is 2.24. The molecule has 2 amide bonds. The molecule has 0 aromatic carbocycles. The van der Waals surface area contributed by atoms with Crippen LogP contribution in [0.2, 0.25) is 0 Å². The number of hydrogen-bond acceptors (Lipinski definition) is 3. The first-order valence-electron chi connectivity index (χ1n) is 5.82. The lowest BCUT2D eigenvalue weighted by molar-refractivity contribution is -0.137. The lowest BCUT2D eigenvalue weighted by atomic mass is 10.2. The van der Waals surface area contributed by atoms with Gasteiger partial charge < -0.3 is 20.6 Å². The van der Waals surface area contributed by atoms with E-state index in [0.29, 0.717) is 13.0 Å². The molecule has 0 spiro atoms. The second-order valence-electron chi connectivity index (χ2n) is 4.39. The van der Waals surface area contributed by atoms with E-state index in [1.165, 1.54) is 0 Å². The molecule has 0 aliphatic heterocycles. The molecule has 0 saturated carbocycles. The first-order chi connectivity index (χ1) is 7.91. The van der Waals surface area contributed by atoms with Crippen LogP contribution in [0.15, 0.2) is 0 Å². The van der Waals surface area contributed by atoms with Gasteiger partial charge in [0.1, 0.15) is 0 Å². The number of carboxylic acids is 1. The summed E-state index contributed by atoms with van der Waals surface area (Å²) in [5, 5.41) is 13.9. The number of aliphatic carboxylic acids is 1. The predicted octanol–water partition coefficient (Wildman–Crippen LogP) is 0.491. The standard InChI is InChI=1S/C11H23N3O3/c1-9(5-6-10(15)16)13-11(17)12-7-4-8-14(2)3/h9H,4-8H2,1-3H3,(H,15,16)(H2,12,13,17). The molecule has 1 unspecified atom stereocenters. The van der Waals surface area contributed by atoms with Crippen LogP contribution in [-0.4, -0.2) is 55.2 Å². The Hall–Kier alpha value is -1.30. The minimum absolute atomic E-state index is 0.0715. The Morgan fingerprint density at radius 1 is 1.35 bits per heavy atom. The monoisotopic (exact) mass is 245 g/mol. The number of nitrogens with zero attached hydrogens (tertiary/aromatic N) is 1. The Labute approximate surface area is 102 Å². The number of carbonyl (C=O) groups is 2. The molecule has 0 fully saturated rings. The van der Waals surface area contributed by atoms with Crippen LogP contribution in [0.5, 0.6) is 0 Å². The number of hydrogen-bond donors (Lipinski definition) is 3. The Morgan fingerprint density at radius 2 is 2.00 bits per heavy atom. The summed E-state index contributed by atoms with van der Waals surface area (Å²) in [5.41, 5.74) is 0. The van der Waals surface area contributed by atoms with Crippen LogP contribution in [0.25, 0.3) is 0 Å². The van der Waals surface area contributed by atoms with Crippen LogP contribution in [0.4, 0.5) is 4.79 Å². The summed E-state index contributed by atoms with van der Waals surface area (Å²) >= 11 is 0. The normalized spacial score (nSPS) is 12.2. The van der Waals surface area contributed by atoms with Gasteiger partial charge in [0.2, 0.25) is 0 Å². The van der Waals surface area contributed by atoms with Crippen molar-refractivity contribution < 1.29 is 14.7 Å². The van der Waals surface area contributed by atoms with E-state index in [1.54, 1.807) is 6.92 Å². The molecule has 0 aromatic heterocycles. The molecule has 6 heteroatoms. The van der Waals surface area contributed by atoms with E-state index in [2.05, 4.69) is 15.5 Å². The van der Waals surface area contributed by atoms with Gasteiger partial charge in [-0.25, -0.2) is 4.79 Å². The molecule has 0 bridgehead atoms. The van der Waals surface area contributed by atoms with Gasteiger partial charge in [-0.2, -0.15) is 0 Å². The number of amides is 2. The highest BCUT2D eigenvalue weighted by atomic mass is 16.4. The highest BCUT2D eigenvalue weighted by Gasteiger charge is 2.08. The van der Waals surface area contributed by atoms with Crippen LogP contribution in [0, 0.1) is 0 Å². The van der Waals surface area contributed by atoms with Gasteiger partial charge in [-0.05, 0) is 40.4 Å². The van der Waals surface area contributed by atoms with E-state index in [4.69, 9.17) is 5.11 Å². The number of rotatable bonds is 8. The largest absolute Gasteiger partial charge is 0.481 e. The van der Waals surface area contributed by atoms with E-state index in [-0.39, 0.29) is 18.5 Å². The van der Waals surface area contributed by atoms with Crippen LogP contribution in [-0.2, 0) is 4.79 Å². The number of urea groups is 1. The van der Waals surface area contributed by atoms with Gasteiger partial charge >= 0.3 is 12.0 Å². The topological polar surface area (TPSA) is 81.7 Å². The fourth-order valence-corrected chi connectivity index (χ4v) is 1.28. The van der Waals surface area contributed by atoms with Crippen LogP contribution >= 0.6 is 0 Å². The smallest absolute Gasteiger partial charge is 0.314 e. The molecule has 100 valence electrons. The predicted molar refractivity (Wildman–Crippen MR) is 66.0 cm³/mol. The molecule has 0 rings (SSSR count). The Kier molecular flexibility index (Phi) is 8.13. The van der Waals surface area contributed by atoms with Gasteiger partial charge in [0.05, 0.1) is 0 Å². The first kappa shape index (κ1) is 15.7. The average Bonchev–Trinajstić information content (AvgIpc) is 2.21. The summed E-state index contributed by atoms with van der Waals surface area (Å²) in [7, 11) is 3.96. The minimum atomic E-state index is -0.843. The third-order valence-electron chi connectivity index (χ3n) is 2.24. The zero-order valence-corrected chi connectivity index (χ0v) is 10.8. The molecule has 0 saturated heterocycles. The van der Waals surface area contributed by atoms with E-state index >= 15 is 0 Å². The third kappa shape index (κ3) is 11.0. The van der Waals surface area contributed by atoms with E-state index in [0.717, 1.165) is 13.0 Å². The maximum atomic E-state index is 11.4. The fourth-order valence-electron chi connectivity index (χ4n) is 1.28. The minimum Gasteiger partial charge on any atom is -0.481 e. The van der Waals surface area contributed by atoms with Crippen molar-refractivity contribution >= 4 is 12.0 Å². The van der Waals surface area contributed by atoms with E-state index in [1.807, 2.05) is 14.1 Å². The first-order valence-corrected chi connectivity index (χ1v) is 5.82. The zero-order valence-electron chi connectivity index (χ0n) is 10.8. The fraction of sp³-hybridized carbons (Fsp3) is 0.818. The quantitative estimate of drug-likeness (QED) is 0.544. The summed E-state index contributed by atoms with van der Waals surface area (Å²) in [6.07, 6.45) is 1.41. The van der Waals surface area contributed by atoms with Crippen molar-refractivity contribution in [2.24, 2.45) is 0 Å². The SMILES string of the molecule is CC(CCC(=O)O)NC(=O)NCCCN(C)C. The summed E-state index contributed by atoms with van der Waals surface area (Å²) < 4.78 is 0. The average molecular weight is 245 g/mol. The van der Waals surface area contributed by atoms with Crippen LogP contribution in [0.3, 0.4) is 0 Å². The number of nitrogens with one attached hydrogen (secondary N) is 2. The Bertz CT molecular complexity index is 244. The van der Waals surface area contributed by atoms with Gasteiger partial charge in [0.25, 0.3) is 0 Å². The van der Waals surface area contributed by atoms with Crippen molar-refractivity contribution in [2.75, 3.05) is 27.2 Å². The second kappa shape index (κ2) is 8.81. The highest BCUT2D eigenvalue weighted by Crippen LogP contribution is 1.95. The molecule has 1 atom stereocenters. The summed E-state index contributed by atoms with van der Waals surface area (Å²) in [4.78, 5) is 23.7. The maximum absolute atomic E-state index is 11.4. The lowest BCUT2D eigenvalue weighted by Gasteiger charge is -2.14. The molecule has 6 nitrogen and oxygen atoms in total. The molecule has 0 aromatic rings. The molecule has 0 aliphatic carbocycles. The highest BCUT2D eigenvalue weighted by molar-refractivity contribution is 5.74. The maximum Gasteiger partial charge on any atom is 0.314 e. The molecule has 17 heavy (non-hydrogen) atoms. The van der Waals surface area contributed by atoms with Gasteiger partial charge in [0.15, 0.2) is 0 Å². The lowest BCUT2D eigenvalue weighted by Crippen LogP contribution is -2.41. The van der Waals surface area contributed by atoms with Crippen molar-refractivity contribution in [3.63, 3.8) is 0 Å². The van der Waals surface area contributed by atoms with Gasteiger partial charge in [-0.1, -0.05) is 0 Å². The molecule has 3 N–H and O–H groups in total. The second-order valence-corrected chi connectivity index (χ2v) is 4.39. The van der Waals surface area contributed by atoms with Crippen molar-refractivity contribution in [3.05, 3.63) is 0 Å². The van der Waals surface area contributed by atoms with E-state index < -0.39 is 5.97 Å². The van der Waals surface area contributed by atoms with Crippen LogP contribution in [0.1, 0.15) is 26.2 Å². The number of carbonyl (C=O) groups excluding carboxylic acids is 1. The van der Waals surface area contributed by atoms with Crippen molar-refractivity contribution in [2.45, 2.75) is 32.2 Å². The van der Waals surface area contributed by atoms with E-state index in [9.17, 15) is 9.59 Å². The van der Waals surface area contributed by atoms with Crippen molar-refractivity contribution in [1.29, 1.82) is 0 Å². The molecule has 0 aliphatic rings. The molecule has 0 radical (unpaired) electrons. The Morgan fingerprint density at radius 3 is 2.53 bits per heavy atom.